The Morgan fingerprint density at radius 3 is 2.50 bits per heavy atom. The lowest BCUT2D eigenvalue weighted by atomic mass is 9.95. The third-order valence-corrected chi connectivity index (χ3v) is 5.75. The molecular weight excluding hydrogens is 328 g/mol. The second-order valence-electron chi connectivity index (χ2n) is 5.83. The number of esters is 1. The molecule has 0 unspecified atom stereocenters. The number of nitrogens with one attached hydrogen (secondary N) is 1. The molecular formula is C17H20N2O4S. The van der Waals surface area contributed by atoms with Gasteiger partial charge in [-0.05, 0) is 43.4 Å². The topological polar surface area (TPSA) is 77.4 Å². The Labute approximate surface area is 141 Å². The molecule has 0 fully saturated rings. The SMILES string of the molecule is COC(=O)c1c2c(n(C)c1NS(=O)(=O)c1ccccc1)CCCC2. The summed E-state index contributed by atoms with van der Waals surface area (Å²) in [5.74, 6) is -0.239. The molecule has 2 aromatic rings. The fourth-order valence-corrected chi connectivity index (χ4v) is 4.33. The van der Waals surface area contributed by atoms with E-state index in [9.17, 15) is 13.2 Å². The number of sulfonamides is 1. The van der Waals surface area contributed by atoms with E-state index >= 15 is 0 Å². The van der Waals surface area contributed by atoms with Crippen LogP contribution < -0.4 is 4.72 Å². The first-order valence-corrected chi connectivity index (χ1v) is 9.30. The first kappa shape index (κ1) is 16.6. The van der Waals surface area contributed by atoms with Crippen LogP contribution in [0.2, 0.25) is 0 Å². The van der Waals surface area contributed by atoms with E-state index in [0.29, 0.717) is 5.56 Å². The van der Waals surface area contributed by atoms with Crippen molar-refractivity contribution < 1.29 is 17.9 Å². The zero-order chi connectivity index (χ0) is 17.3. The van der Waals surface area contributed by atoms with Gasteiger partial charge < -0.3 is 9.30 Å². The lowest BCUT2D eigenvalue weighted by molar-refractivity contribution is 0.0600. The van der Waals surface area contributed by atoms with Crippen molar-refractivity contribution in [1.82, 2.24) is 4.57 Å². The number of hydrogen-bond donors (Lipinski definition) is 1. The highest BCUT2D eigenvalue weighted by molar-refractivity contribution is 7.92. The number of rotatable bonds is 4. The molecule has 1 aromatic carbocycles. The van der Waals surface area contributed by atoms with Gasteiger partial charge in [-0.2, -0.15) is 0 Å². The van der Waals surface area contributed by atoms with Crippen molar-refractivity contribution in [3.63, 3.8) is 0 Å². The zero-order valence-corrected chi connectivity index (χ0v) is 14.5. The predicted octanol–water partition coefficient (Wildman–Crippen LogP) is 2.49. The van der Waals surface area contributed by atoms with Gasteiger partial charge in [-0.15, -0.1) is 0 Å². The van der Waals surface area contributed by atoms with Crippen LogP contribution in [0.25, 0.3) is 0 Å². The van der Waals surface area contributed by atoms with E-state index in [2.05, 4.69) is 4.72 Å². The van der Waals surface area contributed by atoms with E-state index < -0.39 is 16.0 Å². The van der Waals surface area contributed by atoms with E-state index in [1.54, 1.807) is 29.8 Å². The summed E-state index contributed by atoms with van der Waals surface area (Å²) in [6.45, 7) is 0. The molecule has 0 atom stereocenters. The standard InChI is InChI=1S/C17H20N2O4S/c1-19-14-11-7-6-10-13(14)15(17(20)23-2)16(19)18-24(21,22)12-8-4-3-5-9-12/h3-5,8-9,18H,6-7,10-11H2,1-2H3. The van der Waals surface area contributed by atoms with Gasteiger partial charge in [0, 0.05) is 12.7 Å². The predicted molar refractivity (Wildman–Crippen MR) is 90.6 cm³/mol. The highest BCUT2D eigenvalue weighted by Crippen LogP contribution is 2.34. The second kappa shape index (κ2) is 6.32. The number of methoxy groups -OCH3 is 1. The smallest absolute Gasteiger partial charge is 0.341 e. The number of aromatic nitrogens is 1. The van der Waals surface area contributed by atoms with Gasteiger partial charge in [-0.1, -0.05) is 18.2 Å². The van der Waals surface area contributed by atoms with Crippen LogP contribution in [0.15, 0.2) is 35.2 Å². The molecule has 1 N–H and O–H groups in total. The Kier molecular flexibility index (Phi) is 4.36. The summed E-state index contributed by atoms with van der Waals surface area (Å²) < 4.78 is 34.5. The van der Waals surface area contributed by atoms with Gasteiger partial charge >= 0.3 is 5.97 Å². The van der Waals surface area contributed by atoms with Crippen molar-refractivity contribution in [2.24, 2.45) is 7.05 Å². The van der Waals surface area contributed by atoms with E-state index in [-0.39, 0.29) is 10.7 Å². The molecule has 1 aromatic heterocycles. The molecule has 0 amide bonds. The summed E-state index contributed by atoms with van der Waals surface area (Å²) >= 11 is 0. The van der Waals surface area contributed by atoms with Crippen molar-refractivity contribution in [1.29, 1.82) is 0 Å². The molecule has 1 aliphatic carbocycles. The van der Waals surface area contributed by atoms with Crippen LogP contribution in [0.1, 0.15) is 34.5 Å². The van der Waals surface area contributed by atoms with Gasteiger partial charge in [0.1, 0.15) is 11.4 Å². The van der Waals surface area contributed by atoms with Crippen LogP contribution in [-0.2, 0) is 34.6 Å². The maximum absolute atomic E-state index is 12.7. The van der Waals surface area contributed by atoms with E-state index in [0.717, 1.165) is 36.9 Å². The maximum Gasteiger partial charge on any atom is 0.341 e. The van der Waals surface area contributed by atoms with Gasteiger partial charge in [0.15, 0.2) is 0 Å². The van der Waals surface area contributed by atoms with Crippen LogP contribution in [0.4, 0.5) is 5.82 Å². The monoisotopic (exact) mass is 348 g/mol. The summed E-state index contributed by atoms with van der Waals surface area (Å²) in [5, 5.41) is 0. The number of benzene rings is 1. The molecule has 0 saturated carbocycles. The number of carbonyl (C=O) groups excluding carboxylic acids is 1. The van der Waals surface area contributed by atoms with Gasteiger partial charge in [0.25, 0.3) is 10.0 Å². The van der Waals surface area contributed by atoms with Crippen molar-refractivity contribution in [2.45, 2.75) is 30.6 Å². The first-order chi connectivity index (χ1) is 11.5. The normalized spacial score (nSPS) is 14.1. The van der Waals surface area contributed by atoms with Crippen LogP contribution >= 0.6 is 0 Å². The van der Waals surface area contributed by atoms with Crippen LogP contribution in [0.3, 0.4) is 0 Å². The van der Waals surface area contributed by atoms with Gasteiger partial charge in [0.2, 0.25) is 0 Å². The minimum Gasteiger partial charge on any atom is -0.465 e. The Hall–Kier alpha value is -2.28. The third kappa shape index (κ3) is 2.80. The van der Waals surface area contributed by atoms with Crippen molar-refractivity contribution in [2.75, 3.05) is 11.8 Å². The van der Waals surface area contributed by atoms with E-state index in [1.807, 2.05) is 0 Å². The average Bonchev–Trinajstić information content (AvgIpc) is 2.87. The summed E-state index contributed by atoms with van der Waals surface area (Å²) in [5.41, 5.74) is 2.21. The second-order valence-corrected chi connectivity index (χ2v) is 7.51. The molecule has 7 heteroatoms. The summed E-state index contributed by atoms with van der Waals surface area (Å²) in [7, 11) is -0.695. The van der Waals surface area contributed by atoms with Crippen molar-refractivity contribution in [3.05, 3.63) is 47.2 Å². The van der Waals surface area contributed by atoms with Gasteiger partial charge in [0.05, 0.1) is 12.0 Å². The molecule has 0 aliphatic heterocycles. The molecule has 0 spiro atoms. The van der Waals surface area contributed by atoms with Gasteiger partial charge in [-0.25, -0.2) is 13.2 Å². The van der Waals surface area contributed by atoms with E-state index in [1.165, 1.54) is 19.2 Å². The Balaban J connectivity index is 2.11. The highest BCUT2D eigenvalue weighted by atomic mass is 32.2. The van der Waals surface area contributed by atoms with Gasteiger partial charge in [-0.3, -0.25) is 4.72 Å². The van der Waals surface area contributed by atoms with E-state index in [4.69, 9.17) is 4.74 Å². The Bertz CT molecular complexity index is 870. The molecule has 1 heterocycles. The van der Waals surface area contributed by atoms with Crippen LogP contribution in [-0.4, -0.2) is 26.1 Å². The molecule has 0 radical (unpaired) electrons. The number of anilines is 1. The third-order valence-electron chi connectivity index (χ3n) is 4.39. The first-order valence-electron chi connectivity index (χ1n) is 7.82. The summed E-state index contributed by atoms with van der Waals surface area (Å²) in [4.78, 5) is 12.4. The quantitative estimate of drug-likeness (QED) is 0.861. The van der Waals surface area contributed by atoms with Crippen molar-refractivity contribution >= 4 is 21.8 Å². The fraction of sp³-hybridized carbons (Fsp3) is 0.353. The molecule has 1 aliphatic rings. The number of hydrogen-bond acceptors (Lipinski definition) is 4. The average molecular weight is 348 g/mol. The minimum atomic E-state index is -3.78. The number of nitrogens with zero attached hydrogens (tertiary/aromatic N) is 1. The fourth-order valence-electron chi connectivity index (χ4n) is 3.20. The number of ether oxygens (including phenoxy) is 1. The summed E-state index contributed by atoms with van der Waals surface area (Å²) in [6.07, 6.45) is 3.58. The lowest BCUT2D eigenvalue weighted by Crippen LogP contribution is -2.18. The Morgan fingerprint density at radius 1 is 1.17 bits per heavy atom. The van der Waals surface area contributed by atoms with Crippen LogP contribution in [0.5, 0.6) is 0 Å². The van der Waals surface area contributed by atoms with Crippen LogP contribution in [0, 0.1) is 0 Å². The largest absolute Gasteiger partial charge is 0.465 e. The molecule has 128 valence electrons. The molecule has 0 saturated heterocycles. The summed E-state index contributed by atoms with van der Waals surface area (Å²) in [6, 6.07) is 8.10. The Morgan fingerprint density at radius 2 is 1.83 bits per heavy atom. The molecule has 0 bridgehead atoms. The maximum atomic E-state index is 12.7. The number of fused-ring (bicyclic) bond motifs is 1. The highest BCUT2D eigenvalue weighted by Gasteiger charge is 2.30. The molecule has 24 heavy (non-hydrogen) atoms. The molecule has 3 rings (SSSR count). The lowest BCUT2D eigenvalue weighted by Gasteiger charge is -2.13. The minimum absolute atomic E-state index is 0.153. The number of carbonyl (C=O) groups is 1. The zero-order valence-electron chi connectivity index (χ0n) is 13.7. The molecule has 6 nitrogen and oxygen atoms in total. The van der Waals surface area contributed by atoms with Crippen molar-refractivity contribution in [3.8, 4) is 0 Å².